The molecule has 8 aromatic rings. The number of benzene rings is 8. The lowest BCUT2D eigenvalue weighted by Crippen LogP contribution is -1.97. The Morgan fingerprint density at radius 1 is 0.267 bits per heavy atom. The smallest absolute Gasteiger partial charge is 0.000728 e. The fourth-order valence-electron chi connectivity index (χ4n) is 6.91. The van der Waals surface area contributed by atoms with Crippen LogP contribution in [0.15, 0.2) is 182 Å². The average molecular weight is 573 g/mol. The van der Waals surface area contributed by atoms with Crippen LogP contribution < -0.4 is 0 Å². The minimum Gasteiger partial charge on any atom is -0.0622 e. The lowest BCUT2D eigenvalue weighted by Gasteiger charge is -2.19. The zero-order valence-corrected chi connectivity index (χ0v) is 25.0. The highest BCUT2D eigenvalue weighted by Crippen LogP contribution is 2.42. The average Bonchev–Trinajstić information content (AvgIpc) is 3.13. The quantitative estimate of drug-likeness (QED) is 0.174. The van der Waals surface area contributed by atoms with Crippen LogP contribution in [-0.4, -0.2) is 0 Å². The van der Waals surface area contributed by atoms with E-state index in [-0.39, 0.29) is 0 Å². The molecular formula is C45H32. The summed E-state index contributed by atoms with van der Waals surface area (Å²) >= 11 is 0. The standard InChI is InChI=1S/C45H32/c1-3-15-32(16-4-1)37-20-8-7-19-36(37)31-44-40-23-11-13-25-42(40)45(43-26-14-12-24-41(43)44)35-29-27-34(28-30-35)39-22-10-9-21-38(39)33-17-5-2-6-18-33/h1-30H,31H2. The van der Waals surface area contributed by atoms with Gasteiger partial charge in [-0.25, -0.2) is 0 Å². The summed E-state index contributed by atoms with van der Waals surface area (Å²) in [6.07, 6.45) is 0.863. The zero-order valence-electron chi connectivity index (χ0n) is 25.0. The summed E-state index contributed by atoms with van der Waals surface area (Å²) in [5.74, 6) is 0. The minimum atomic E-state index is 0.863. The van der Waals surface area contributed by atoms with Crippen LogP contribution in [0, 0.1) is 0 Å². The van der Waals surface area contributed by atoms with Gasteiger partial charge in [0.1, 0.15) is 0 Å². The van der Waals surface area contributed by atoms with Gasteiger partial charge in [-0.1, -0.05) is 182 Å². The molecular weight excluding hydrogens is 540 g/mol. The summed E-state index contributed by atoms with van der Waals surface area (Å²) < 4.78 is 0. The monoisotopic (exact) mass is 572 g/mol. The maximum absolute atomic E-state index is 2.30. The van der Waals surface area contributed by atoms with Crippen LogP contribution >= 0.6 is 0 Å². The maximum atomic E-state index is 2.30. The largest absolute Gasteiger partial charge is 0.0622 e. The second-order valence-corrected chi connectivity index (χ2v) is 11.6. The predicted molar refractivity (Wildman–Crippen MR) is 192 cm³/mol. The molecule has 0 N–H and O–H groups in total. The van der Waals surface area contributed by atoms with Gasteiger partial charge in [0, 0.05) is 0 Å². The molecule has 8 rings (SSSR count). The van der Waals surface area contributed by atoms with Gasteiger partial charge in [0.15, 0.2) is 0 Å². The molecule has 45 heavy (non-hydrogen) atoms. The van der Waals surface area contributed by atoms with Crippen LogP contribution in [0.3, 0.4) is 0 Å². The van der Waals surface area contributed by atoms with Gasteiger partial charge in [0.05, 0.1) is 0 Å². The van der Waals surface area contributed by atoms with Gasteiger partial charge >= 0.3 is 0 Å². The summed E-state index contributed by atoms with van der Waals surface area (Å²) in [5.41, 5.74) is 12.8. The Bertz CT molecular complexity index is 2200. The molecule has 0 radical (unpaired) electrons. The number of fused-ring (bicyclic) bond motifs is 2. The molecule has 0 nitrogen and oxygen atoms in total. The summed E-state index contributed by atoms with van der Waals surface area (Å²) in [6, 6.07) is 66.0. The van der Waals surface area contributed by atoms with E-state index >= 15 is 0 Å². The van der Waals surface area contributed by atoms with E-state index in [4.69, 9.17) is 0 Å². The number of hydrogen-bond donors (Lipinski definition) is 0. The molecule has 212 valence electrons. The van der Waals surface area contributed by atoms with Gasteiger partial charge in [-0.2, -0.15) is 0 Å². The molecule has 0 bridgehead atoms. The van der Waals surface area contributed by atoms with Crippen molar-refractivity contribution in [2.45, 2.75) is 6.42 Å². The van der Waals surface area contributed by atoms with E-state index in [1.165, 1.54) is 77.2 Å². The SMILES string of the molecule is c1ccc(-c2ccccc2Cc2c3ccccc3c(-c3ccc(-c4ccccc4-c4ccccc4)cc3)c3ccccc23)cc1. The molecule has 0 spiro atoms. The lowest BCUT2D eigenvalue weighted by molar-refractivity contribution is 1.23. The molecule has 8 aromatic carbocycles. The summed E-state index contributed by atoms with van der Waals surface area (Å²) in [4.78, 5) is 0. The van der Waals surface area contributed by atoms with Crippen molar-refractivity contribution in [3.05, 3.63) is 193 Å². The van der Waals surface area contributed by atoms with Crippen molar-refractivity contribution in [1.29, 1.82) is 0 Å². The lowest BCUT2D eigenvalue weighted by atomic mass is 9.85. The van der Waals surface area contributed by atoms with Crippen LogP contribution in [0.25, 0.3) is 66.1 Å². The molecule has 0 fully saturated rings. The molecule has 0 amide bonds. The third-order valence-corrected chi connectivity index (χ3v) is 9.01. The van der Waals surface area contributed by atoms with E-state index in [1.54, 1.807) is 0 Å². The van der Waals surface area contributed by atoms with Crippen molar-refractivity contribution in [2.24, 2.45) is 0 Å². The Kier molecular flexibility index (Phi) is 7.02. The van der Waals surface area contributed by atoms with E-state index in [9.17, 15) is 0 Å². The second kappa shape index (κ2) is 11.8. The van der Waals surface area contributed by atoms with Crippen molar-refractivity contribution in [3.63, 3.8) is 0 Å². The predicted octanol–water partition coefficient (Wildman–Crippen LogP) is 12.3. The summed E-state index contributed by atoms with van der Waals surface area (Å²) in [5, 5.41) is 5.21. The van der Waals surface area contributed by atoms with Gasteiger partial charge in [-0.05, 0) is 83.6 Å². The van der Waals surface area contributed by atoms with Crippen LogP contribution in [0.4, 0.5) is 0 Å². The molecule has 0 heteroatoms. The van der Waals surface area contributed by atoms with Gasteiger partial charge in [0.25, 0.3) is 0 Å². The second-order valence-electron chi connectivity index (χ2n) is 11.6. The number of rotatable bonds is 6. The Hall–Kier alpha value is -5.72. The van der Waals surface area contributed by atoms with Crippen molar-refractivity contribution >= 4 is 21.5 Å². The highest BCUT2D eigenvalue weighted by atomic mass is 14.2. The van der Waals surface area contributed by atoms with Crippen LogP contribution in [-0.2, 0) is 6.42 Å². The van der Waals surface area contributed by atoms with Crippen molar-refractivity contribution < 1.29 is 0 Å². The molecule has 0 aliphatic heterocycles. The third kappa shape index (κ3) is 5.01. The first-order chi connectivity index (χ1) is 22.3. The highest BCUT2D eigenvalue weighted by Gasteiger charge is 2.17. The summed E-state index contributed by atoms with van der Waals surface area (Å²) in [7, 11) is 0. The van der Waals surface area contributed by atoms with Gasteiger partial charge in [-0.15, -0.1) is 0 Å². The molecule has 0 unspecified atom stereocenters. The normalized spacial score (nSPS) is 11.2. The van der Waals surface area contributed by atoms with E-state index < -0.39 is 0 Å². The Morgan fingerprint density at radius 3 is 1.20 bits per heavy atom. The topological polar surface area (TPSA) is 0 Å². The van der Waals surface area contributed by atoms with E-state index in [2.05, 4.69) is 182 Å². The van der Waals surface area contributed by atoms with Crippen LogP contribution in [0.5, 0.6) is 0 Å². The molecule has 0 saturated heterocycles. The van der Waals surface area contributed by atoms with E-state index in [1.807, 2.05) is 0 Å². The molecule has 0 saturated carbocycles. The first-order valence-electron chi connectivity index (χ1n) is 15.7. The molecule has 0 heterocycles. The molecule has 0 aliphatic carbocycles. The van der Waals surface area contributed by atoms with Gasteiger partial charge in [-0.3, -0.25) is 0 Å². The van der Waals surface area contributed by atoms with Gasteiger partial charge in [0.2, 0.25) is 0 Å². The van der Waals surface area contributed by atoms with Crippen LogP contribution in [0.1, 0.15) is 11.1 Å². The Labute approximate surface area is 264 Å². The zero-order chi connectivity index (χ0) is 30.0. The van der Waals surface area contributed by atoms with E-state index in [0.29, 0.717) is 0 Å². The molecule has 0 atom stereocenters. The fraction of sp³-hybridized carbons (Fsp3) is 0.0222. The van der Waals surface area contributed by atoms with Crippen molar-refractivity contribution in [3.8, 4) is 44.5 Å². The van der Waals surface area contributed by atoms with Crippen molar-refractivity contribution in [2.75, 3.05) is 0 Å². The highest BCUT2D eigenvalue weighted by molar-refractivity contribution is 6.15. The van der Waals surface area contributed by atoms with Crippen LogP contribution in [0.2, 0.25) is 0 Å². The summed E-state index contributed by atoms with van der Waals surface area (Å²) in [6.45, 7) is 0. The van der Waals surface area contributed by atoms with Gasteiger partial charge < -0.3 is 0 Å². The van der Waals surface area contributed by atoms with E-state index in [0.717, 1.165) is 6.42 Å². The Balaban J connectivity index is 1.27. The Morgan fingerprint density at radius 2 is 0.644 bits per heavy atom. The third-order valence-electron chi connectivity index (χ3n) is 9.01. The maximum Gasteiger partial charge on any atom is -0.000728 e. The molecule has 0 aromatic heterocycles. The molecule has 0 aliphatic rings. The fourth-order valence-corrected chi connectivity index (χ4v) is 6.91. The first-order valence-corrected chi connectivity index (χ1v) is 15.7. The van der Waals surface area contributed by atoms with Crippen molar-refractivity contribution in [1.82, 2.24) is 0 Å². The minimum absolute atomic E-state index is 0.863. The first kappa shape index (κ1) is 26.9. The number of hydrogen-bond acceptors (Lipinski definition) is 0.